The lowest BCUT2D eigenvalue weighted by Gasteiger charge is -2.38. The minimum absolute atomic E-state index is 0.145. The highest BCUT2D eigenvalue weighted by molar-refractivity contribution is 5.59. The van der Waals surface area contributed by atoms with E-state index in [0.717, 1.165) is 67.4 Å². The van der Waals surface area contributed by atoms with Crippen molar-refractivity contribution in [3.8, 4) is 11.5 Å². The number of ether oxygens (including phenoxy) is 1. The fraction of sp³-hybridized carbons (Fsp3) is 0.613. The third-order valence-corrected chi connectivity index (χ3v) is 7.20. The van der Waals surface area contributed by atoms with Crippen molar-refractivity contribution >= 4 is 0 Å². The molecule has 2 nitrogen and oxygen atoms in total. The molecular formula is C31H48O2. The van der Waals surface area contributed by atoms with Gasteiger partial charge in [-0.25, -0.2) is 0 Å². The van der Waals surface area contributed by atoms with E-state index < -0.39 is 0 Å². The van der Waals surface area contributed by atoms with Gasteiger partial charge in [-0.15, -0.1) is 0 Å². The van der Waals surface area contributed by atoms with Crippen LogP contribution in [0.3, 0.4) is 0 Å². The second-order valence-corrected chi connectivity index (χ2v) is 11.0. The quantitative estimate of drug-likeness (QED) is 0.358. The Morgan fingerprint density at radius 2 is 1.52 bits per heavy atom. The summed E-state index contributed by atoms with van der Waals surface area (Å²) in [5.74, 6) is 1.77. The van der Waals surface area contributed by atoms with Crippen LogP contribution in [0.2, 0.25) is 0 Å². The monoisotopic (exact) mass is 452 g/mol. The van der Waals surface area contributed by atoms with E-state index in [0.29, 0.717) is 5.75 Å². The van der Waals surface area contributed by atoms with Crippen LogP contribution in [0.4, 0.5) is 0 Å². The molecule has 0 radical (unpaired) electrons. The highest BCUT2D eigenvalue weighted by Gasteiger charge is 2.34. The van der Waals surface area contributed by atoms with E-state index in [2.05, 4.69) is 73.6 Å². The lowest BCUT2D eigenvalue weighted by atomic mass is 9.83. The molecule has 1 aromatic carbocycles. The van der Waals surface area contributed by atoms with Gasteiger partial charge in [-0.1, -0.05) is 48.8 Å². The Labute approximate surface area is 203 Å². The van der Waals surface area contributed by atoms with Crippen molar-refractivity contribution in [3.63, 3.8) is 0 Å². The van der Waals surface area contributed by atoms with Crippen LogP contribution in [0, 0.1) is 13.8 Å². The molecule has 0 saturated carbocycles. The van der Waals surface area contributed by atoms with Gasteiger partial charge in [0.25, 0.3) is 0 Å². The summed E-state index contributed by atoms with van der Waals surface area (Å²) in [6.45, 7) is 19.5. The van der Waals surface area contributed by atoms with Crippen LogP contribution in [0.25, 0.3) is 0 Å². The van der Waals surface area contributed by atoms with Gasteiger partial charge >= 0.3 is 0 Å². The molecule has 0 aliphatic carbocycles. The SMILES string of the molecule is CC(C)=CCC/C(C)=C/CC/C(C)=C/CCC1(C)CCc2c(C)c(O)c(C(C)C)c(C)c2O1. The molecule has 0 spiro atoms. The fourth-order valence-corrected chi connectivity index (χ4v) is 5.01. The van der Waals surface area contributed by atoms with Crippen LogP contribution in [0.15, 0.2) is 34.9 Å². The predicted molar refractivity (Wildman–Crippen MR) is 144 cm³/mol. The summed E-state index contributed by atoms with van der Waals surface area (Å²) in [4.78, 5) is 0. The molecule has 1 aliphatic rings. The van der Waals surface area contributed by atoms with Crippen molar-refractivity contribution in [2.45, 2.75) is 125 Å². The lowest BCUT2D eigenvalue weighted by Crippen LogP contribution is -2.37. The predicted octanol–water partition coefficient (Wildman–Crippen LogP) is 9.42. The third kappa shape index (κ3) is 7.52. The molecule has 0 bridgehead atoms. The molecule has 184 valence electrons. The second-order valence-electron chi connectivity index (χ2n) is 11.0. The Bertz CT molecular complexity index is 910. The molecule has 1 N–H and O–H groups in total. The number of phenols is 1. The summed E-state index contributed by atoms with van der Waals surface area (Å²) in [7, 11) is 0. The summed E-state index contributed by atoms with van der Waals surface area (Å²) in [5.41, 5.74) is 8.59. The summed E-state index contributed by atoms with van der Waals surface area (Å²) >= 11 is 0. The van der Waals surface area contributed by atoms with E-state index in [1.165, 1.54) is 28.7 Å². The standard InChI is InChI=1S/C31H48O2/c1-21(2)13-10-14-23(5)15-11-16-24(6)17-12-19-31(9)20-18-27-25(7)29(32)28(22(3)4)26(8)30(27)33-31/h13,15,17,22,32H,10-12,14,16,18-20H2,1-9H3/b23-15+,24-17+. The molecule has 2 heteroatoms. The van der Waals surface area contributed by atoms with E-state index in [1.807, 2.05) is 6.92 Å². The number of benzene rings is 1. The normalized spacial score (nSPS) is 18.8. The number of phenolic OH excluding ortho intramolecular Hbond substituents is 1. The van der Waals surface area contributed by atoms with E-state index in [4.69, 9.17) is 4.74 Å². The smallest absolute Gasteiger partial charge is 0.127 e. The molecule has 0 amide bonds. The molecule has 0 fully saturated rings. The molecule has 1 heterocycles. The average Bonchev–Trinajstić information content (AvgIpc) is 2.71. The maximum absolute atomic E-state index is 10.7. The second kappa shape index (κ2) is 12.0. The topological polar surface area (TPSA) is 29.5 Å². The molecule has 0 saturated heterocycles. The average molecular weight is 453 g/mol. The van der Waals surface area contributed by atoms with Gasteiger partial charge < -0.3 is 9.84 Å². The van der Waals surface area contributed by atoms with Crippen LogP contribution in [-0.2, 0) is 6.42 Å². The Morgan fingerprint density at radius 3 is 2.09 bits per heavy atom. The first-order valence-electron chi connectivity index (χ1n) is 12.9. The molecule has 1 unspecified atom stereocenters. The van der Waals surface area contributed by atoms with Crippen LogP contribution in [0.1, 0.15) is 122 Å². The van der Waals surface area contributed by atoms with Gasteiger partial charge in [0.2, 0.25) is 0 Å². The van der Waals surface area contributed by atoms with E-state index >= 15 is 0 Å². The van der Waals surface area contributed by atoms with Crippen molar-refractivity contribution in [3.05, 3.63) is 57.2 Å². The van der Waals surface area contributed by atoms with Crippen LogP contribution in [-0.4, -0.2) is 10.7 Å². The third-order valence-electron chi connectivity index (χ3n) is 7.20. The van der Waals surface area contributed by atoms with Crippen LogP contribution in [0.5, 0.6) is 11.5 Å². The molecule has 1 aromatic rings. The maximum Gasteiger partial charge on any atom is 0.127 e. The number of fused-ring (bicyclic) bond motifs is 1. The van der Waals surface area contributed by atoms with Gasteiger partial charge in [-0.05, 0) is 117 Å². The maximum atomic E-state index is 10.7. The zero-order valence-electron chi connectivity index (χ0n) is 22.8. The highest BCUT2D eigenvalue weighted by Crippen LogP contribution is 2.46. The van der Waals surface area contributed by atoms with E-state index in [-0.39, 0.29) is 11.5 Å². The summed E-state index contributed by atoms with van der Waals surface area (Å²) in [5, 5.41) is 10.7. The van der Waals surface area contributed by atoms with Crippen LogP contribution >= 0.6 is 0 Å². The first-order valence-corrected chi connectivity index (χ1v) is 12.9. The zero-order valence-corrected chi connectivity index (χ0v) is 22.8. The number of hydrogen-bond donors (Lipinski definition) is 1. The number of hydrogen-bond acceptors (Lipinski definition) is 2. The van der Waals surface area contributed by atoms with Crippen molar-refractivity contribution in [2.75, 3.05) is 0 Å². The van der Waals surface area contributed by atoms with Gasteiger partial charge in [0.15, 0.2) is 0 Å². The molecule has 0 aromatic heterocycles. The van der Waals surface area contributed by atoms with Gasteiger partial charge in [0.05, 0.1) is 0 Å². The van der Waals surface area contributed by atoms with Crippen molar-refractivity contribution in [1.29, 1.82) is 0 Å². The van der Waals surface area contributed by atoms with Gasteiger partial charge in [0, 0.05) is 11.1 Å². The molecule has 33 heavy (non-hydrogen) atoms. The minimum Gasteiger partial charge on any atom is -0.507 e. The number of allylic oxidation sites excluding steroid dienone is 6. The van der Waals surface area contributed by atoms with Crippen LogP contribution < -0.4 is 4.74 Å². The first-order chi connectivity index (χ1) is 15.4. The summed E-state index contributed by atoms with van der Waals surface area (Å²) in [6.07, 6.45) is 15.8. The Kier molecular flexibility index (Phi) is 9.88. The Balaban J connectivity index is 1.95. The Hall–Kier alpha value is -1.96. The molecule has 1 aliphatic heterocycles. The van der Waals surface area contributed by atoms with Gasteiger partial charge in [-0.2, -0.15) is 0 Å². The summed E-state index contributed by atoms with van der Waals surface area (Å²) < 4.78 is 6.67. The van der Waals surface area contributed by atoms with E-state index in [9.17, 15) is 5.11 Å². The Morgan fingerprint density at radius 1 is 0.939 bits per heavy atom. The largest absolute Gasteiger partial charge is 0.507 e. The number of aromatic hydroxyl groups is 1. The fourth-order valence-electron chi connectivity index (χ4n) is 5.01. The van der Waals surface area contributed by atoms with Crippen molar-refractivity contribution in [2.24, 2.45) is 0 Å². The molecular weight excluding hydrogens is 404 g/mol. The van der Waals surface area contributed by atoms with Crippen molar-refractivity contribution in [1.82, 2.24) is 0 Å². The van der Waals surface area contributed by atoms with Gasteiger partial charge in [0.1, 0.15) is 17.1 Å². The first kappa shape index (κ1) is 27.3. The van der Waals surface area contributed by atoms with E-state index in [1.54, 1.807) is 0 Å². The minimum atomic E-state index is -0.145. The van der Waals surface area contributed by atoms with Gasteiger partial charge in [-0.3, -0.25) is 0 Å². The molecule has 1 atom stereocenters. The molecule has 2 rings (SSSR count). The summed E-state index contributed by atoms with van der Waals surface area (Å²) in [6, 6.07) is 0. The highest BCUT2D eigenvalue weighted by atomic mass is 16.5. The zero-order chi connectivity index (χ0) is 24.8. The lowest BCUT2D eigenvalue weighted by molar-refractivity contribution is 0.0557. The number of rotatable bonds is 10. The van der Waals surface area contributed by atoms with Crippen molar-refractivity contribution < 1.29 is 9.84 Å².